The third-order valence-corrected chi connectivity index (χ3v) is 4.61. The highest BCUT2D eigenvalue weighted by molar-refractivity contribution is 6.12. The van der Waals surface area contributed by atoms with Gasteiger partial charge in [0.25, 0.3) is 5.91 Å². The van der Waals surface area contributed by atoms with E-state index in [2.05, 4.69) is 10.5 Å². The van der Waals surface area contributed by atoms with Crippen molar-refractivity contribution in [2.24, 2.45) is 10.5 Å². The summed E-state index contributed by atoms with van der Waals surface area (Å²) in [6.07, 6.45) is 0. The molecule has 2 aromatic carbocycles. The van der Waals surface area contributed by atoms with Crippen molar-refractivity contribution < 1.29 is 14.3 Å². The smallest absolute Gasteiger partial charge is 0.319 e. The van der Waals surface area contributed by atoms with Gasteiger partial charge in [-0.15, -0.1) is 0 Å². The predicted octanol–water partition coefficient (Wildman–Crippen LogP) is 3.18. The molecule has 0 bridgehead atoms. The molecule has 0 saturated carbocycles. The summed E-state index contributed by atoms with van der Waals surface area (Å²) in [5.41, 5.74) is 3.97. The summed E-state index contributed by atoms with van der Waals surface area (Å²) in [5, 5.41) is 4.45. The van der Waals surface area contributed by atoms with Crippen molar-refractivity contribution in [2.75, 3.05) is 25.1 Å². The summed E-state index contributed by atoms with van der Waals surface area (Å²) in [4.78, 5) is 27.1. The number of hydrogen-bond donors (Lipinski definition) is 1. The number of ether oxygens (including phenoxy) is 1. The van der Waals surface area contributed by atoms with Gasteiger partial charge in [-0.2, -0.15) is 5.10 Å². The van der Waals surface area contributed by atoms with Crippen LogP contribution in [0, 0.1) is 5.41 Å². The molecule has 1 unspecified atom stereocenters. The maximum Gasteiger partial charge on any atom is 0.319 e. The summed E-state index contributed by atoms with van der Waals surface area (Å²) in [6.45, 7) is 4.31. The zero-order valence-corrected chi connectivity index (χ0v) is 15.5. The zero-order chi connectivity index (χ0) is 19.3. The molecule has 1 aliphatic heterocycles. The first-order chi connectivity index (χ1) is 13.0. The van der Waals surface area contributed by atoms with Crippen LogP contribution in [-0.4, -0.2) is 42.2 Å². The Morgan fingerprint density at radius 1 is 1.11 bits per heavy atom. The largest absolute Gasteiger partial charge is 0.465 e. The Labute approximate surface area is 158 Å². The molecule has 0 aromatic heterocycles. The Kier molecular flexibility index (Phi) is 5.54. The Morgan fingerprint density at radius 3 is 2.37 bits per heavy atom. The van der Waals surface area contributed by atoms with Crippen LogP contribution in [0.15, 0.2) is 65.8 Å². The maximum atomic E-state index is 12.8. The number of carbonyl (C=O) groups excluding carboxylic acids is 2. The van der Waals surface area contributed by atoms with Crippen LogP contribution in [0.5, 0.6) is 0 Å². The predicted molar refractivity (Wildman–Crippen MR) is 105 cm³/mol. The minimum Gasteiger partial charge on any atom is -0.465 e. The number of hydrazone groups is 1. The lowest BCUT2D eigenvalue weighted by molar-refractivity contribution is -0.150. The Morgan fingerprint density at radius 2 is 1.74 bits per heavy atom. The van der Waals surface area contributed by atoms with E-state index in [-0.39, 0.29) is 31.6 Å². The molecule has 1 aliphatic rings. The number of amides is 1. The first kappa shape index (κ1) is 18.6. The molecule has 140 valence electrons. The Bertz CT molecular complexity index is 836. The van der Waals surface area contributed by atoms with Crippen LogP contribution < -0.4 is 5.43 Å². The number of nitrogens with one attached hydrogen (secondary N) is 1. The molecule has 1 fully saturated rings. The molecule has 0 aliphatic carbocycles. The van der Waals surface area contributed by atoms with E-state index >= 15 is 0 Å². The second-order valence-corrected chi connectivity index (χ2v) is 6.62. The highest BCUT2D eigenvalue weighted by Crippen LogP contribution is 2.31. The zero-order valence-electron chi connectivity index (χ0n) is 15.5. The van der Waals surface area contributed by atoms with Gasteiger partial charge in [0.2, 0.25) is 0 Å². The molecule has 27 heavy (non-hydrogen) atoms. The lowest BCUT2D eigenvalue weighted by Gasteiger charge is -2.22. The van der Waals surface area contributed by atoms with E-state index in [1.165, 1.54) is 0 Å². The van der Waals surface area contributed by atoms with Gasteiger partial charge in [0.05, 0.1) is 24.6 Å². The van der Waals surface area contributed by atoms with Crippen LogP contribution >= 0.6 is 0 Å². The fourth-order valence-electron chi connectivity index (χ4n) is 3.07. The van der Waals surface area contributed by atoms with Crippen LogP contribution in [0.1, 0.15) is 24.2 Å². The van der Waals surface area contributed by atoms with E-state index < -0.39 is 5.41 Å². The van der Waals surface area contributed by atoms with E-state index in [9.17, 15) is 9.59 Å². The molecule has 1 heterocycles. The molecule has 1 amide bonds. The summed E-state index contributed by atoms with van der Waals surface area (Å²) in [7, 11) is 0. The highest BCUT2D eigenvalue weighted by Gasteiger charge is 2.49. The van der Waals surface area contributed by atoms with Crippen molar-refractivity contribution in [3.63, 3.8) is 0 Å². The second-order valence-electron chi connectivity index (χ2n) is 6.62. The Balaban J connectivity index is 1.86. The number of rotatable bonds is 5. The molecule has 3 rings (SSSR count). The number of esters is 1. The monoisotopic (exact) mass is 365 g/mol. The SMILES string of the molecule is CCOC(=O)C1(C)CN(C(=O)c2ccccc2)C/C1=N\Nc1ccccc1. The van der Waals surface area contributed by atoms with Crippen LogP contribution in [-0.2, 0) is 9.53 Å². The molecule has 0 spiro atoms. The van der Waals surface area contributed by atoms with Gasteiger partial charge in [-0.05, 0) is 38.1 Å². The van der Waals surface area contributed by atoms with Crippen LogP contribution in [0.2, 0.25) is 0 Å². The molecular weight excluding hydrogens is 342 g/mol. The normalized spacial score (nSPS) is 20.5. The van der Waals surface area contributed by atoms with Gasteiger partial charge in [0, 0.05) is 12.1 Å². The van der Waals surface area contributed by atoms with Crippen molar-refractivity contribution >= 4 is 23.3 Å². The first-order valence-corrected chi connectivity index (χ1v) is 8.94. The molecule has 1 saturated heterocycles. The third-order valence-electron chi connectivity index (χ3n) is 4.61. The van der Waals surface area contributed by atoms with Crippen LogP contribution in [0.4, 0.5) is 5.69 Å². The van der Waals surface area contributed by atoms with E-state index in [0.717, 1.165) is 5.69 Å². The summed E-state index contributed by atoms with van der Waals surface area (Å²) in [5.74, 6) is -0.502. The molecule has 6 heteroatoms. The van der Waals surface area contributed by atoms with Crippen molar-refractivity contribution in [1.29, 1.82) is 0 Å². The van der Waals surface area contributed by atoms with Gasteiger partial charge in [-0.3, -0.25) is 15.0 Å². The van der Waals surface area contributed by atoms with Crippen molar-refractivity contribution in [3.8, 4) is 0 Å². The maximum absolute atomic E-state index is 12.8. The second kappa shape index (κ2) is 8.03. The number of benzene rings is 2. The van der Waals surface area contributed by atoms with E-state index in [0.29, 0.717) is 11.3 Å². The van der Waals surface area contributed by atoms with Gasteiger partial charge < -0.3 is 9.64 Å². The number of likely N-dealkylation sites (tertiary alicyclic amines) is 1. The summed E-state index contributed by atoms with van der Waals surface area (Å²) < 4.78 is 5.26. The average Bonchev–Trinajstić information content (AvgIpc) is 3.05. The van der Waals surface area contributed by atoms with Gasteiger partial charge in [-0.25, -0.2) is 0 Å². The highest BCUT2D eigenvalue weighted by atomic mass is 16.5. The molecular formula is C21H23N3O3. The summed E-state index contributed by atoms with van der Waals surface area (Å²) >= 11 is 0. The molecule has 0 radical (unpaired) electrons. The van der Waals surface area contributed by atoms with Gasteiger partial charge >= 0.3 is 5.97 Å². The standard InChI is InChI=1S/C21H23N3O3/c1-3-27-20(26)21(2)15-24(19(25)16-10-6-4-7-11-16)14-18(21)23-22-17-12-8-5-9-13-17/h4-13,22H,3,14-15H2,1-2H3/b23-18+. The molecule has 1 N–H and O–H groups in total. The number of hydrogen-bond acceptors (Lipinski definition) is 5. The van der Waals surface area contributed by atoms with Crippen molar-refractivity contribution in [1.82, 2.24) is 4.90 Å². The summed E-state index contributed by atoms with van der Waals surface area (Å²) in [6, 6.07) is 18.5. The Hall–Kier alpha value is -3.15. The van der Waals surface area contributed by atoms with Crippen molar-refractivity contribution in [2.45, 2.75) is 13.8 Å². The number of carbonyl (C=O) groups is 2. The van der Waals surface area contributed by atoms with Crippen molar-refractivity contribution in [3.05, 3.63) is 66.2 Å². The van der Waals surface area contributed by atoms with Crippen LogP contribution in [0.3, 0.4) is 0 Å². The van der Waals surface area contributed by atoms with Gasteiger partial charge in [-0.1, -0.05) is 36.4 Å². The van der Waals surface area contributed by atoms with E-state index in [4.69, 9.17) is 4.74 Å². The van der Waals surface area contributed by atoms with Gasteiger partial charge in [0.1, 0.15) is 5.41 Å². The minimum atomic E-state index is -0.984. The van der Waals surface area contributed by atoms with E-state index in [1.54, 1.807) is 30.9 Å². The number of anilines is 1. The fourth-order valence-corrected chi connectivity index (χ4v) is 3.07. The number of nitrogens with zero attached hydrogens (tertiary/aromatic N) is 2. The first-order valence-electron chi connectivity index (χ1n) is 8.94. The number of para-hydroxylation sites is 1. The molecule has 1 atom stereocenters. The topological polar surface area (TPSA) is 71.0 Å². The van der Waals surface area contributed by atoms with Gasteiger partial charge in [0.15, 0.2) is 0 Å². The minimum absolute atomic E-state index is 0.129. The van der Waals surface area contributed by atoms with Crippen LogP contribution in [0.25, 0.3) is 0 Å². The molecule has 2 aromatic rings. The van der Waals surface area contributed by atoms with E-state index in [1.807, 2.05) is 48.5 Å². The lowest BCUT2D eigenvalue weighted by Crippen LogP contribution is -2.39. The lowest BCUT2D eigenvalue weighted by atomic mass is 9.88. The fraction of sp³-hybridized carbons (Fsp3) is 0.286. The quantitative estimate of drug-likeness (QED) is 0.653. The average molecular weight is 365 g/mol. The molecule has 6 nitrogen and oxygen atoms in total. The third kappa shape index (κ3) is 4.00.